The largest absolute Gasteiger partial charge is 0.391 e. The lowest BCUT2D eigenvalue weighted by atomic mass is 9.92. The Morgan fingerprint density at radius 3 is 2.90 bits per heavy atom. The zero-order valence-corrected chi connectivity index (χ0v) is 17.4. The minimum absolute atomic E-state index is 0.0832. The summed E-state index contributed by atoms with van der Waals surface area (Å²) in [5.41, 5.74) is 10.3. The van der Waals surface area contributed by atoms with Crippen LogP contribution in [0.1, 0.15) is 44.0 Å². The summed E-state index contributed by atoms with van der Waals surface area (Å²) in [6.45, 7) is 3.78. The van der Waals surface area contributed by atoms with E-state index in [0.717, 1.165) is 54.9 Å². The third-order valence-electron chi connectivity index (χ3n) is 6.06. The lowest BCUT2D eigenvalue weighted by Crippen LogP contribution is -2.55. The van der Waals surface area contributed by atoms with Crippen LogP contribution in [-0.4, -0.2) is 40.3 Å². The molecule has 1 aliphatic carbocycles. The van der Waals surface area contributed by atoms with Crippen LogP contribution in [0.2, 0.25) is 0 Å². The van der Waals surface area contributed by atoms with Gasteiger partial charge in [-0.05, 0) is 49.5 Å². The number of nitrogens with zero attached hydrogens (tertiary/aromatic N) is 3. The first-order chi connectivity index (χ1) is 14.5. The van der Waals surface area contributed by atoms with Crippen molar-refractivity contribution in [3.05, 3.63) is 53.9 Å². The fraction of sp³-hybridized carbons (Fsp3) is 0.478. The van der Waals surface area contributed by atoms with Gasteiger partial charge in [0, 0.05) is 31.2 Å². The van der Waals surface area contributed by atoms with Gasteiger partial charge in [0.2, 0.25) is 0 Å². The van der Waals surface area contributed by atoms with Gasteiger partial charge in [0.25, 0.3) is 0 Å². The van der Waals surface area contributed by atoms with Crippen LogP contribution in [0.25, 0.3) is 5.57 Å². The predicted octanol–water partition coefficient (Wildman–Crippen LogP) is 3.33. The van der Waals surface area contributed by atoms with Crippen LogP contribution < -0.4 is 16.0 Å². The van der Waals surface area contributed by atoms with E-state index in [9.17, 15) is 9.50 Å². The van der Waals surface area contributed by atoms with Crippen molar-refractivity contribution in [1.29, 1.82) is 0 Å². The topological polar surface area (TPSA) is 87.3 Å². The molecular weight excluding hydrogens is 381 g/mol. The van der Waals surface area contributed by atoms with Crippen molar-refractivity contribution < 1.29 is 9.50 Å². The molecule has 0 bridgehead atoms. The number of hydrogen-bond donors (Lipinski definition) is 3. The van der Waals surface area contributed by atoms with Crippen LogP contribution >= 0.6 is 0 Å². The number of nitrogens with two attached hydrogens (primary N) is 1. The molecule has 0 amide bonds. The van der Waals surface area contributed by atoms with Crippen LogP contribution in [0.4, 0.5) is 15.8 Å². The number of aliphatic hydroxyl groups excluding tert-OH is 1. The summed E-state index contributed by atoms with van der Waals surface area (Å²) in [7, 11) is 0. The Hall–Kier alpha value is -2.51. The van der Waals surface area contributed by atoms with E-state index in [1.165, 1.54) is 6.07 Å². The Morgan fingerprint density at radius 2 is 2.13 bits per heavy atom. The standard InChI is InChI=1S/C23H30FN5O/c1-15-13-29(14-19(25)23(15)30)21-9-10-26-12-20(21)27-11-17-7-8-18(24)22(28-17)16-5-3-2-4-6-16/h5,7-10,12,15,19,23,27,30H,2-4,6,11,13-14,25H2,1H3. The number of aliphatic hydroxyl groups is 1. The highest BCUT2D eigenvalue weighted by Crippen LogP contribution is 2.30. The maximum absolute atomic E-state index is 14.4. The van der Waals surface area contributed by atoms with Crippen LogP contribution in [0.5, 0.6) is 0 Å². The normalized spacial score (nSPS) is 24.5. The highest BCUT2D eigenvalue weighted by molar-refractivity contribution is 5.69. The van der Waals surface area contributed by atoms with E-state index in [1.807, 2.05) is 13.0 Å². The molecule has 3 atom stereocenters. The first-order valence-corrected chi connectivity index (χ1v) is 10.7. The number of nitrogens with one attached hydrogen (secondary N) is 1. The lowest BCUT2D eigenvalue weighted by molar-refractivity contribution is 0.0785. The third kappa shape index (κ3) is 4.47. The molecule has 1 saturated heterocycles. The quantitative estimate of drug-likeness (QED) is 0.700. The summed E-state index contributed by atoms with van der Waals surface area (Å²) < 4.78 is 14.4. The van der Waals surface area contributed by atoms with Gasteiger partial charge in [-0.3, -0.25) is 4.98 Å². The highest BCUT2D eigenvalue weighted by Gasteiger charge is 2.31. The van der Waals surface area contributed by atoms with Crippen LogP contribution in [0.3, 0.4) is 0 Å². The van der Waals surface area contributed by atoms with Crippen LogP contribution in [-0.2, 0) is 6.54 Å². The predicted molar refractivity (Wildman–Crippen MR) is 118 cm³/mol. The maximum Gasteiger partial charge on any atom is 0.149 e. The summed E-state index contributed by atoms with van der Waals surface area (Å²) in [6.07, 6.45) is 9.27. The minimum atomic E-state index is -0.490. The van der Waals surface area contributed by atoms with E-state index >= 15 is 0 Å². The number of rotatable bonds is 5. The SMILES string of the molecule is CC1CN(c2ccncc2NCc2ccc(F)c(C3=CCCCC3)n2)CC(N)C1O. The second kappa shape index (κ2) is 9.10. The van der Waals surface area contributed by atoms with Crippen molar-refractivity contribution >= 4 is 16.9 Å². The summed E-state index contributed by atoms with van der Waals surface area (Å²) in [5, 5.41) is 13.6. The Balaban J connectivity index is 1.50. The van der Waals surface area contributed by atoms with Crippen molar-refractivity contribution in [2.24, 2.45) is 11.7 Å². The average molecular weight is 412 g/mol. The van der Waals surface area contributed by atoms with E-state index in [4.69, 9.17) is 5.73 Å². The number of aromatic nitrogens is 2. The average Bonchev–Trinajstić information content (AvgIpc) is 2.77. The van der Waals surface area contributed by atoms with Crippen molar-refractivity contribution in [3.8, 4) is 0 Å². The van der Waals surface area contributed by atoms with Gasteiger partial charge in [0.1, 0.15) is 11.5 Å². The molecule has 1 fully saturated rings. The molecule has 6 nitrogen and oxygen atoms in total. The lowest BCUT2D eigenvalue weighted by Gasteiger charge is -2.40. The molecule has 0 radical (unpaired) electrons. The molecule has 3 unspecified atom stereocenters. The zero-order valence-electron chi connectivity index (χ0n) is 17.4. The Labute approximate surface area is 177 Å². The maximum atomic E-state index is 14.4. The second-order valence-corrected chi connectivity index (χ2v) is 8.39. The van der Waals surface area contributed by atoms with Gasteiger partial charge in [-0.25, -0.2) is 9.37 Å². The third-order valence-corrected chi connectivity index (χ3v) is 6.06. The van der Waals surface area contributed by atoms with Crippen LogP contribution in [0, 0.1) is 11.7 Å². The van der Waals surface area contributed by atoms with Crippen molar-refractivity contribution in [3.63, 3.8) is 0 Å². The molecule has 2 aromatic rings. The number of hydrogen-bond acceptors (Lipinski definition) is 6. The molecule has 0 spiro atoms. The van der Waals surface area contributed by atoms with E-state index in [1.54, 1.807) is 18.5 Å². The van der Waals surface area contributed by atoms with Gasteiger partial charge in [0.15, 0.2) is 0 Å². The van der Waals surface area contributed by atoms with E-state index < -0.39 is 6.10 Å². The smallest absolute Gasteiger partial charge is 0.149 e. The van der Waals surface area contributed by atoms with Gasteiger partial charge in [-0.15, -0.1) is 0 Å². The molecule has 2 aliphatic rings. The van der Waals surface area contributed by atoms with E-state index in [0.29, 0.717) is 18.8 Å². The van der Waals surface area contributed by atoms with E-state index in [-0.39, 0.29) is 17.8 Å². The van der Waals surface area contributed by atoms with Gasteiger partial charge in [-0.1, -0.05) is 13.0 Å². The summed E-state index contributed by atoms with van der Waals surface area (Å²) >= 11 is 0. The fourth-order valence-corrected chi connectivity index (χ4v) is 4.36. The molecule has 4 N–H and O–H groups in total. The van der Waals surface area contributed by atoms with Gasteiger partial charge >= 0.3 is 0 Å². The molecule has 1 aliphatic heterocycles. The molecule has 0 saturated carbocycles. The van der Waals surface area contributed by atoms with Crippen molar-refractivity contribution in [2.75, 3.05) is 23.3 Å². The zero-order chi connectivity index (χ0) is 21.1. The number of halogens is 1. The molecule has 30 heavy (non-hydrogen) atoms. The van der Waals surface area contributed by atoms with Crippen LogP contribution in [0.15, 0.2) is 36.7 Å². The fourth-order valence-electron chi connectivity index (χ4n) is 4.36. The number of allylic oxidation sites excluding steroid dienone is 2. The molecule has 0 aromatic carbocycles. The molecule has 2 aromatic heterocycles. The summed E-state index contributed by atoms with van der Waals surface area (Å²) in [5.74, 6) is -0.177. The van der Waals surface area contributed by atoms with E-state index in [2.05, 4.69) is 26.3 Å². The second-order valence-electron chi connectivity index (χ2n) is 8.39. The molecule has 3 heterocycles. The van der Waals surface area contributed by atoms with Gasteiger partial charge < -0.3 is 21.1 Å². The summed E-state index contributed by atoms with van der Waals surface area (Å²) in [4.78, 5) is 11.0. The first kappa shape index (κ1) is 20.8. The highest BCUT2D eigenvalue weighted by atomic mass is 19.1. The molecular formula is C23H30FN5O. The summed E-state index contributed by atoms with van der Waals surface area (Å²) in [6, 6.07) is 4.89. The molecule has 7 heteroatoms. The molecule has 4 rings (SSSR count). The monoisotopic (exact) mass is 411 g/mol. The first-order valence-electron chi connectivity index (χ1n) is 10.7. The van der Waals surface area contributed by atoms with Crippen molar-refractivity contribution in [1.82, 2.24) is 9.97 Å². The Bertz CT molecular complexity index is 906. The number of anilines is 2. The Morgan fingerprint density at radius 1 is 1.27 bits per heavy atom. The van der Waals surface area contributed by atoms with Gasteiger partial charge in [0.05, 0.1) is 35.9 Å². The number of pyridine rings is 2. The molecule has 160 valence electrons. The number of piperidine rings is 1. The Kier molecular flexibility index (Phi) is 6.29. The van der Waals surface area contributed by atoms with Crippen molar-refractivity contribution in [2.45, 2.75) is 51.3 Å². The van der Waals surface area contributed by atoms with Gasteiger partial charge in [-0.2, -0.15) is 0 Å². The minimum Gasteiger partial charge on any atom is -0.391 e.